The second kappa shape index (κ2) is 6.61. The van der Waals surface area contributed by atoms with Crippen LogP contribution in [0.15, 0.2) is 24.3 Å². The highest BCUT2D eigenvalue weighted by atomic mass is 16.2. The second-order valence-electron chi connectivity index (χ2n) is 6.87. The zero-order valence-electron chi connectivity index (χ0n) is 13.5. The van der Waals surface area contributed by atoms with Gasteiger partial charge in [0.1, 0.15) is 0 Å². The number of nitrogens with one attached hydrogen (secondary N) is 1. The van der Waals surface area contributed by atoms with Crippen LogP contribution in [-0.4, -0.2) is 12.5 Å². The van der Waals surface area contributed by atoms with Gasteiger partial charge in [-0.15, -0.1) is 0 Å². The van der Waals surface area contributed by atoms with Gasteiger partial charge in [0.25, 0.3) is 0 Å². The molecule has 0 aromatic heterocycles. The van der Waals surface area contributed by atoms with E-state index < -0.39 is 0 Å². The highest BCUT2D eigenvalue weighted by Gasteiger charge is 2.43. The van der Waals surface area contributed by atoms with E-state index in [0.717, 1.165) is 31.2 Å². The van der Waals surface area contributed by atoms with Crippen LogP contribution >= 0.6 is 0 Å². The Labute approximate surface area is 128 Å². The Morgan fingerprint density at radius 1 is 1.24 bits per heavy atom. The lowest BCUT2D eigenvalue weighted by Gasteiger charge is -2.39. The maximum Gasteiger partial charge on any atom is 0.227 e. The summed E-state index contributed by atoms with van der Waals surface area (Å²) in [6.45, 7) is 6.94. The lowest BCUT2D eigenvalue weighted by atomic mass is 9.68. The molecule has 1 unspecified atom stereocenters. The van der Waals surface area contributed by atoms with Crippen LogP contribution in [0, 0.1) is 11.3 Å². The number of benzene rings is 1. The van der Waals surface area contributed by atoms with Crippen molar-refractivity contribution >= 4 is 5.91 Å². The highest BCUT2D eigenvalue weighted by Crippen LogP contribution is 2.40. The molecule has 3 nitrogen and oxygen atoms in total. The van der Waals surface area contributed by atoms with Crippen molar-refractivity contribution in [1.29, 1.82) is 0 Å². The van der Waals surface area contributed by atoms with Gasteiger partial charge in [0.2, 0.25) is 5.91 Å². The zero-order chi connectivity index (χ0) is 15.5. The van der Waals surface area contributed by atoms with Gasteiger partial charge in [-0.3, -0.25) is 4.79 Å². The molecule has 3 N–H and O–H groups in total. The van der Waals surface area contributed by atoms with E-state index in [1.54, 1.807) is 0 Å². The largest absolute Gasteiger partial charge is 0.349 e. The monoisotopic (exact) mass is 288 g/mol. The van der Waals surface area contributed by atoms with Crippen molar-refractivity contribution in [3.05, 3.63) is 35.4 Å². The number of hydrogen-bond donors (Lipinski definition) is 2. The van der Waals surface area contributed by atoms with Gasteiger partial charge in [-0.25, -0.2) is 0 Å². The molecule has 0 bridgehead atoms. The normalized spacial score (nSPS) is 18.1. The predicted molar refractivity (Wildman–Crippen MR) is 86.9 cm³/mol. The first-order valence-corrected chi connectivity index (χ1v) is 8.07. The quantitative estimate of drug-likeness (QED) is 0.844. The van der Waals surface area contributed by atoms with Crippen LogP contribution in [0.5, 0.6) is 0 Å². The lowest BCUT2D eigenvalue weighted by Crippen LogP contribution is -2.50. The number of nitrogens with two attached hydrogens (primary N) is 1. The van der Waals surface area contributed by atoms with Crippen LogP contribution in [0.1, 0.15) is 57.2 Å². The van der Waals surface area contributed by atoms with Crippen LogP contribution in [0.25, 0.3) is 0 Å². The van der Waals surface area contributed by atoms with E-state index >= 15 is 0 Å². The minimum Gasteiger partial charge on any atom is -0.349 e. The van der Waals surface area contributed by atoms with E-state index in [4.69, 9.17) is 5.73 Å². The molecule has 0 spiro atoms. The minimum atomic E-state index is -0.300. The third-order valence-electron chi connectivity index (χ3n) is 4.65. The first-order valence-electron chi connectivity index (χ1n) is 8.07. The van der Waals surface area contributed by atoms with Gasteiger partial charge in [-0.05, 0) is 43.2 Å². The molecule has 2 rings (SSSR count). The molecule has 0 radical (unpaired) electrons. The number of hydrogen-bond acceptors (Lipinski definition) is 2. The number of amides is 1. The van der Waals surface area contributed by atoms with E-state index in [1.807, 2.05) is 6.92 Å². The summed E-state index contributed by atoms with van der Waals surface area (Å²) < 4.78 is 0. The molecule has 1 aromatic rings. The van der Waals surface area contributed by atoms with E-state index in [0.29, 0.717) is 12.5 Å². The topological polar surface area (TPSA) is 55.1 Å². The summed E-state index contributed by atoms with van der Waals surface area (Å²) in [4.78, 5) is 12.4. The van der Waals surface area contributed by atoms with Crippen LogP contribution < -0.4 is 11.1 Å². The van der Waals surface area contributed by atoms with E-state index in [1.165, 1.54) is 5.56 Å². The maximum atomic E-state index is 12.4. The second-order valence-corrected chi connectivity index (χ2v) is 6.87. The summed E-state index contributed by atoms with van der Waals surface area (Å²) in [6, 6.07) is 8.62. The van der Waals surface area contributed by atoms with E-state index in [2.05, 4.69) is 43.4 Å². The Morgan fingerprint density at radius 2 is 1.86 bits per heavy atom. The summed E-state index contributed by atoms with van der Waals surface area (Å²) in [5.41, 5.74) is 8.00. The fourth-order valence-corrected chi connectivity index (χ4v) is 2.97. The van der Waals surface area contributed by atoms with Crippen molar-refractivity contribution < 1.29 is 4.79 Å². The Kier molecular flexibility index (Phi) is 5.04. The first-order chi connectivity index (χ1) is 9.97. The van der Waals surface area contributed by atoms with Crippen molar-refractivity contribution in [2.24, 2.45) is 17.1 Å². The molecule has 3 heteroatoms. The average molecular weight is 288 g/mol. The SMILES string of the molecule is CC(C)Cc1ccc(C(C)NC(=O)C2(CN)CCC2)cc1. The van der Waals surface area contributed by atoms with Crippen molar-refractivity contribution in [3.8, 4) is 0 Å². The summed E-state index contributed by atoms with van der Waals surface area (Å²) in [5.74, 6) is 0.783. The number of carbonyl (C=O) groups excluding carboxylic acids is 1. The van der Waals surface area contributed by atoms with Gasteiger partial charge in [-0.1, -0.05) is 44.5 Å². The molecule has 1 amide bonds. The average Bonchev–Trinajstić information content (AvgIpc) is 2.38. The fourth-order valence-electron chi connectivity index (χ4n) is 2.97. The lowest BCUT2D eigenvalue weighted by molar-refractivity contribution is -0.135. The minimum absolute atomic E-state index is 0.0367. The molecule has 0 aliphatic heterocycles. The van der Waals surface area contributed by atoms with Crippen LogP contribution in [0.3, 0.4) is 0 Å². The first kappa shape index (κ1) is 16.0. The molecule has 0 heterocycles. The van der Waals surface area contributed by atoms with Gasteiger partial charge in [-0.2, -0.15) is 0 Å². The van der Waals surface area contributed by atoms with Crippen LogP contribution in [-0.2, 0) is 11.2 Å². The summed E-state index contributed by atoms with van der Waals surface area (Å²) >= 11 is 0. The van der Waals surface area contributed by atoms with Crippen molar-refractivity contribution in [2.75, 3.05) is 6.54 Å². The molecule has 1 aliphatic carbocycles. The molecular weight excluding hydrogens is 260 g/mol. The fraction of sp³-hybridized carbons (Fsp3) is 0.611. The molecule has 1 aromatic carbocycles. The van der Waals surface area contributed by atoms with Crippen molar-refractivity contribution in [1.82, 2.24) is 5.32 Å². The molecule has 116 valence electrons. The van der Waals surface area contributed by atoms with Crippen LogP contribution in [0.2, 0.25) is 0 Å². The zero-order valence-corrected chi connectivity index (χ0v) is 13.5. The summed E-state index contributed by atoms with van der Waals surface area (Å²) in [5, 5.41) is 3.13. The third-order valence-corrected chi connectivity index (χ3v) is 4.65. The Bertz CT molecular complexity index is 469. The summed E-state index contributed by atoms with van der Waals surface area (Å²) in [7, 11) is 0. The molecule has 1 fully saturated rings. The van der Waals surface area contributed by atoms with Gasteiger partial charge < -0.3 is 11.1 Å². The number of carbonyl (C=O) groups is 1. The molecule has 1 aliphatic rings. The molecule has 0 saturated heterocycles. The molecule has 1 atom stereocenters. The molecular formula is C18H28N2O. The van der Waals surface area contributed by atoms with Gasteiger partial charge in [0.15, 0.2) is 0 Å². The van der Waals surface area contributed by atoms with Crippen molar-refractivity contribution in [2.45, 2.75) is 52.5 Å². The van der Waals surface area contributed by atoms with Gasteiger partial charge >= 0.3 is 0 Å². The van der Waals surface area contributed by atoms with Gasteiger partial charge in [0.05, 0.1) is 11.5 Å². The van der Waals surface area contributed by atoms with Crippen LogP contribution in [0.4, 0.5) is 0 Å². The van der Waals surface area contributed by atoms with E-state index in [9.17, 15) is 4.79 Å². The Balaban J connectivity index is 1.96. The highest BCUT2D eigenvalue weighted by molar-refractivity contribution is 5.84. The van der Waals surface area contributed by atoms with E-state index in [-0.39, 0.29) is 17.4 Å². The standard InChI is InChI=1S/C18H28N2O/c1-13(2)11-15-5-7-16(8-6-15)14(3)20-17(21)18(12-19)9-4-10-18/h5-8,13-14H,4,9-12,19H2,1-3H3,(H,20,21). The maximum absolute atomic E-state index is 12.4. The number of rotatable bonds is 6. The summed E-state index contributed by atoms with van der Waals surface area (Å²) in [6.07, 6.45) is 4.06. The van der Waals surface area contributed by atoms with Gasteiger partial charge in [0, 0.05) is 6.54 Å². The van der Waals surface area contributed by atoms with Crippen molar-refractivity contribution in [3.63, 3.8) is 0 Å². The Hall–Kier alpha value is -1.35. The molecule has 1 saturated carbocycles. The molecule has 21 heavy (non-hydrogen) atoms. The Morgan fingerprint density at radius 3 is 2.29 bits per heavy atom. The third kappa shape index (κ3) is 3.65. The predicted octanol–water partition coefficient (Wildman–Crippen LogP) is 3.19. The smallest absolute Gasteiger partial charge is 0.227 e.